The lowest BCUT2D eigenvalue weighted by atomic mass is 9.93. The minimum absolute atomic E-state index is 0.113. The second-order valence-electron chi connectivity index (χ2n) is 5.18. The van der Waals surface area contributed by atoms with E-state index in [9.17, 15) is 9.59 Å². The summed E-state index contributed by atoms with van der Waals surface area (Å²) in [4.78, 5) is 24.6. The quantitative estimate of drug-likeness (QED) is 0.638. The summed E-state index contributed by atoms with van der Waals surface area (Å²) in [6, 6.07) is 15.9. The number of esters is 1. The van der Waals surface area contributed by atoms with Gasteiger partial charge in [0.05, 0.1) is 12.9 Å². The van der Waals surface area contributed by atoms with Crippen molar-refractivity contribution in [3.8, 4) is 0 Å². The first-order valence-corrected chi connectivity index (χ1v) is 8.10. The number of benzene rings is 2. The van der Waals surface area contributed by atoms with Crippen LogP contribution in [0.15, 0.2) is 53.4 Å². The summed E-state index contributed by atoms with van der Waals surface area (Å²) in [6.07, 6.45) is 0.495. The molecule has 3 rings (SSSR count). The van der Waals surface area contributed by atoms with E-state index in [2.05, 4.69) is 16.9 Å². The van der Waals surface area contributed by atoms with Crippen LogP contribution in [0.5, 0.6) is 0 Å². The van der Waals surface area contributed by atoms with Crippen molar-refractivity contribution in [2.24, 2.45) is 0 Å². The van der Waals surface area contributed by atoms with Crippen LogP contribution in [0.3, 0.4) is 0 Å². The predicted molar refractivity (Wildman–Crippen MR) is 86.4 cm³/mol. The van der Waals surface area contributed by atoms with Crippen LogP contribution in [0.1, 0.15) is 33.8 Å². The molecule has 22 heavy (non-hydrogen) atoms. The Morgan fingerprint density at radius 1 is 1.18 bits per heavy atom. The largest absolute Gasteiger partial charge is 0.468 e. The lowest BCUT2D eigenvalue weighted by Gasteiger charge is -2.12. The number of hydrogen-bond donors (Lipinski definition) is 0. The molecule has 4 heteroatoms. The van der Waals surface area contributed by atoms with Gasteiger partial charge in [-0.05, 0) is 17.2 Å². The van der Waals surface area contributed by atoms with Gasteiger partial charge in [0.15, 0.2) is 5.78 Å². The molecule has 0 N–H and O–H groups in total. The fourth-order valence-corrected chi connectivity index (χ4v) is 3.77. The zero-order valence-electron chi connectivity index (χ0n) is 12.2. The van der Waals surface area contributed by atoms with Gasteiger partial charge in [-0.15, -0.1) is 11.8 Å². The first-order chi connectivity index (χ1) is 10.7. The van der Waals surface area contributed by atoms with Gasteiger partial charge in [0.1, 0.15) is 0 Å². The zero-order valence-corrected chi connectivity index (χ0v) is 13.1. The Hall–Kier alpha value is -2.07. The van der Waals surface area contributed by atoms with Gasteiger partial charge < -0.3 is 4.74 Å². The Morgan fingerprint density at radius 2 is 1.95 bits per heavy atom. The SMILES string of the molecule is COC(=O)CSc1cccc2c1C(=O)C[C@H]2c1ccccc1. The Kier molecular flexibility index (Phi) is 4.29. The van der Waals surface area contributed by atoms with Crippen molar-refractivity contribution in [2.45, 2.75) is 17.2 Å². The topological polar surface area (TPSA) is 43.4 Å². The molecule has 0 unspecified atom stereocenters. The summed E-state index contributed by atoms with van der Waals surface area (Å²) < 4.78 is 4.66. The van der Waals surface area contributed by atoms with Crippen molar-refractivity contribution < 1.29 is 14.3 Å². The maximum Gasteiger partial charge on any atom is 0.315 e. The average Bonchev–Trinajstić information content (AvgIpc) is 2.91. The molecule has 0 fully saturated rings. The number of methoxy groups -OCH3 is 1. The molecule has 2 aromatic rings. The van der Waals surface area contributed by atoms with Crippen LogP contribution in [0.2, 0.25) is 0 Å². The fraction of sp³-hybridized carbons (Fsp3) is 0.222. The van der Waals surface area contributed by atoms with Gasteiger partial charge in [0.2, 0.25) is 0 Å². The van der Waals surface area contributed by atoms with Crippen LogP contribution >= 0.6 is 11.8 Å². The molecule has 0 aliphatic heterocycles. The van der Waals surface area contributed by atoms with Crippen LogP contribution in [0.25, 0.3) is 0 Å². The molecule has 112 valence electrons. The van der Waals surface area contributed by atoms with E-state index >= 15 is 0 Å². The van der Waals surface area contributed by atoms with E-state index in [4.69, 9.17) is 0 Å². The summed E-state index contributed by atoms with van der Waals surface area (Å²) in [5, 5.41) is 0. The lowest BCUT2D eigenvalue weighted by molar-refractivity contribution is -0.137. The third-order valence-electron chi connectivity index (χ3n) is 3.88. The predicted octanol–water partition coefficient (Wildman–Crippen LogP) is 3.67. The number of rotatable bonds is 4. The second-order valence-corrected chi connectivity index (χ2v) is 6.19. The molecule has 0 heterocycles. The zero-order chi connectivity index (χ0) is 15.5. The van der Waals surface area contributed by atoms with E-state index in [0.29, 0.717) is 6.42 Å². The van der Waals surface area contributed by atoms with E-state index in [1.54, 1.807) is 0 Å². The number of carbonyl (C=O) groups excluding carboxylic acids is 2. The molecule has 0 radical (unpaired) electrons. The summed E-state index contributed by atoms with van der Waals surface area (Å²) in [6.45, 7) is 0. The van der Waals surface area contributed by atoms with Crippen LogP contribution in [-0.2, 0) is 9.53 Å². The van der Waals surface area contributed by atoms with Crippen molar-refractivity contribution in [1.82, 2.24) is 0 Å². The maximum absolute atomic E-state index is 12.5. The molecule has 0 saturated carbocycles. The molecule has 1 aliphatic rings. The van der Waals surface area contributed by atoms with Gasteiger partial charge in [-0.1, -0.05) is 42.5 Å². The fourth-order valence-electron chi connectivity index (χ4n) is 2.83. The maximum atomic E-state index is 12.5. The second kappa shape index (κ2) is 6.36. The van der Waals surface area contributed by atoms with Crippen LogP contribution in [0.4, 0.5) is 0 Å². The van der Waals surface area contributed by atoms with Crippen molar-refractivity contribution in [3.63, 3.8) is 0 Å². The standard InChI is InChI=1S/C18H16O3S/c1-21-17(20)11-22-16-9-5-8-13-14(10-15(19)18(13)16)12-6-3-2-4-7-12/h2-9,14H,10-11H2,1H3/t14-/m0/s1. The minimum Gasteiger partial charge on any atom is -0.468 e. The van der Waals surface area contributed by atoms with E-state index < -0.39 is 0 Å². The van der Waals surface area contributed by atoms with E-state index in [1.807, 2.05) is 36.4 Å². The van der Waals surface area contributed by atoms with Crippen molar-refractivity contribution in [2.75, 3.05) is 12.9 Å². The first kappa shape index (κ1) is 14.9. The average molecular weight is 312 g/mol. The number of carbonyl (C=O) groups is 2. The molecule has 0 amide bonds. The smallest absolute Gasteiger partial charge is 0.315 e. The first-order valence-electron chi connectivity index (χ1n) is 7.11. The van der Waals surface area contributed by atoms with Gasteiger partial charge in [0.25, 0.3) is 0 Å². The van der Waals surface area contributed by atoms with E-state index in [1.165, 1.54) is 18.9 Å². The Labute approximate surface area is 133 Å². The minimum atomic E-state index is -0.285. The Balaban J connectivity index is 1.94. The summed E-state index contributed by atoms with van der Waals surface area (Å²) in [7, 11) is 1.37. The van der Waals surface area contributed by atoms with Gasteiger partial charge in [0, 0.05) is 22.8 Å². The lowest BCUT2D eigenvalue weighted by Crippen LogP contribution is -2.04. The molecular formula is C18H16O3S. The van der Waals surface area contributed by atoms with Crippen molar-refractivity contribution in [3.05, 3.63) is 65.2 Å². The normalized spacial score (nSPS) is 16.4. The van der Waals surface area contributed by atoms with E-state index in [0.717, 1.165) is 21.6 Å². The third-order valence-corrected chi connectivity index (χ3v) is 4.91. The molecule has 0 saturated heterocycles. The molecule has 3 nitrogen and oxygen atoms in total. The van der Waals surface area contributed by atoms with Gasteiger partial charge >= 0.3 is 5.97 Å². The summed E-state index contributed by atoms with van der Waals surface area (Å²) in [5.41, 5.74) is 2.99. The number of ether oxygens (including phenoxy) is 1. The molecule has 0 aromatic heterocycles. The number of thioether (sulfide) groups is 1. The molecule has 1 aliphatic carbocycles. The van der Waals surface area contributed by atoms with Gasteiger partial charge in [-0.3, -0.25) is 9.59 Å². The summed E-state index contributed by atoms with van der Waals surface area (Å²) >= 11 is 1.36. The number of Topliss-reactive ketones (excluding diaryl/α,β-unsaturated/α-hetero) is 1. The van der Waals surface area contributed by atoms with Crippen LogP contribution < -0.4 is 0 Å². The monoisotopic (exact) mass is 312 g/mol. The van der Waals surface area contributed by atoms with Crippen LogP contribution in [-0.4, -0.2) is 24.6 Å². The summed E-state index contributed by atoms with van der Waals surface area (Å²) in [5.74, 6) is 0.197. The number of hydrogen-bond acceptors (Lipinski definition) is 4. The van der Waals surface area contributed by atoms with Gasteiger partial charge in [-0.25, -0.2) is 0 Å². The Morgan fingerprint density at radius 3 is 2.68 bits per heavy atom. The molecular weight excluding hydrogens is 296 g/mol. The number of ketones is 1. The molecule has 1 atom stereocenters. The molecule has 2 aromatic carbocycles. The van der Waals surface area contributed by atoms with Crippen LogP contribution in [0, 0.1) is 0 Å². The highest BCUT2D eigenvalue weighted by Gasteiger charge is 2.32. The van der Waals surface area contributed by atoms with Crippen molar-refractivity contribution >= 4 is 23.5 Å². The molecule has 0 bridgehead atoms. The molecule has 0 spiro atoms. The highest BCUT2D eigenvalue weighted by atomic mass is 32.2. The van der Waals surface area contributed by atoms with Gasteiger partial charge in [-0.2, -0.15) is 0 Å². The van der Waals surface area contributed by atoms with Crippen molar-refractivity contribution in [1.29, 1.82) is 0 Å². The van der Waals surface area contributed by atoms with E-state index in [-0.39, 0.29) is 23.4 Å². The number of fused-ring (bicyclic) bond motifs is 1. The highest BCUT2D eigenvalue weighted by molar-refractivity contribution is 8.00. The Bertz CT molecular complexity index is 710. The third kappa shape index (κ3) is 2.79. The highest BCUT2D eigenvalue weighted by Crippen LogP contribution is 2.41.